The van der Waals surface area contributed by atoms with Crippen LogP contribution in [0.1, 0.15) is 70.0 Å². The zero-order valence-corrected chi connectivity index (χ0v) is 36.7. The molecule has 7 aromatic rings. The van der Waals surface area contributed by atoms with Crippen molar-refractivity contribution in [2.24, 2.45) is 13.0 Å². The van der Waals surface area contributed by atoms with E-state index in [4.69, 9.17) is 16.6 Å². The number of rotatable bonds is 11. The maximum Gasteiger partial charge on any atom is 0.418 e. The van der Waals surface area contributed by atoms with Crippen LogP contribution in [0.5, 0.6) is 0 Å². The molecule has 0 saturated heterocycles. The summed E-state index contributed by atoms with van der Waals surface area (Å²) < 4.78 is 163. The lowest BCUT2D eigenvalue weighted by molar-refractivity contribution is -0.137. The molecule has 0 unspecified atom stereocenters. The molecule has 4 heterocycles. The number of hydrogen-bond donors (Lipinski definition) is 2. The van der Waals surface area contributed by atoms with Crippen LogP contribution < -0.4 is 15.6 Å². The Labute approximate surface area is 377 Å². The highest BCUT2D eigenvalue weighted by atomic mass is 35.5. The van der Waals surface area contributed by atoms with Crippen molar-refractivity contribution in [3.05, 3.63) is 127 Å². The first-order valence-corrected chi connectivity index (χ1v) is 22.4. The number of halogens is 10. The van der Waals surface area contributed by atoms with Crippen LogP contribution in [-0.4, -0.2) is 54.7 Å². The van der Waals surface area contributed by atoms with E-state index in [9.17, 15) is 43.9 Å². The molecule has 2 aliphatic rings. The molecule has 0 aliphatic heterocycles. The number of alkyl halides is 7. The van der Waals surface area contributed by atoms with Crippen LogP contribution in [0.4, 0.5) is 45.3 Å². The summed E-state index contributed by atoms with van der Waals surface area (Å²) in [6.07, 6.45) is -7.99. The Balaban J connectivity index is 1.29. The van der Waals surface area contributed by atoms with Gasteiger partial charge in [0.25, 0.3) is 17.9 Å². The summed E-state index contributed by atoms with van der Waals surface area (Å²) in [6.45, 7) is 1.64. The van der Waals surface area contributed by atoms with E-state index in [0.717, 1.165) is 33.7 Å². The predicted molar refractivity (Wildman–Crippen MR) is 226 cm³/mol. The van der Waals surface area contributed by atoms with E-state index in [0.29, 0.717) is 10.7 Å². The third kappa shape index (κ3) is 8.04. The molecule has 4 aromatic heterocycles. The Bertz CT molecular complexity index is 3410. The molecule has 9 rings (SSSR count). The summed E-state index contributed by atoms with van der Waals surface area (Å²) in [4.78, 5) is 38.2. The molecule has 3 aromatic carbocycles. The van der Waals surface area contributed by atoms with E-state index < -0.39 is 111 Å². The second kappa shape index (κ2) is 15.8. The molecule has 3 atom stereocenters. The summed E-state index contributed by atoms with van der Waals surface area (Å²) in [7, 11) is -2.62. The van der Waals surface area contributed by atoms with Crippen LogP contribution in [0.3, 0.4) is 0 Å². The van der Waals surface area contributed by atoms with Crippen molar-refractivity contribution < 1.29 is 52.7 Å². The number of carbonyl (C=O) groups is 1. The molecule has 67 heavy (non-hydrogen) atoms. The minimum atomic E-state index is -4.89. The fraction of sp³-hybridized carbons (Fsp3) is 0.302. The standard InChI is InChI=1S/C43H33ClF9N9O4S/c1-17-9-18(2)54-34(33(17)43(51,52)53)20-5-6-23-27(13-20)56-40(62(41(23)64)29-8-7-26(44)32-36(29)60(3)58-39(32)59-67(4,65)66)28(12-19-10-21(45)14-22(46)11-19)55-30(63)16-61-37-31(35(57-61)38(47)48)24-15-25(24)42(37,49)50/h5-11,13-14,24-25,28,38H,12,15-16H2,1-4H3,(H,55,63)(H,58,59)/t24-,25+,28-/m0/s1. The number of sulfonamides is 1. The fourth-order valence-corrected chi connectivity index (χ4v) is 9.87. The zero-order chi connectivity index (χ0) is 48.4. The normalized spacial score (nSPS) is 17.0. The number of aryl methyl sites for hydroxylation is 3. The van der Waals surface area contributed by atoms with Gasteiger partial charge in [0.2, 0.25) is 15.9 Å². The van der Waals surface area contributed by atoms with Crippen molar-refractivity contribution in [2.75, 3.05) is 11.0 Å². The van der Waals surface area contributed by atoms with Gasteiger partial charge in [-0.1, -0.05) is 17.7 Å². The lowest BCUT2D eigenvalue weighted by Crippen LogP contribution is -2.38. The van der Waals surface area contributed by atoms with Crippen molar-refractivity contribution in [3.8, 4) is 16.9 Å². The number of benzene rings is 3. The highest BCUT2D eigenvalue weighted by molar-refractivity contribution is 7.92. The number of amides is 1. The number of nitrogens with zero attached hydrogens (tertiary/aromatic N) is 7. The molecule has 1 amide bonds. The van der Waals surface area contributed by atoms with Gasteiger partial charge in [-0.2, -0.15) is 32.1 Å². The number of fused-ring (bicyclic) bond motifs is 5. The first-order valence-electron chi connectivity index (χ1n) is 20.1. The van der Waals surface area contributed by atoms with Crippen LogP contribution in [-0.2, 0) is 46.9 Å². The second-order valence-corrected chi connectivity index (χ2v) is 18.7. The SMILES string of the molecule is Cc1cc(C)c(C(F)(F)F)c(-c2ccc3c(=O)n(-c4ccc(Cl)c5c(NS(C)(=O)=O)nn(C)c45)c([C@H](Cc4cc(F)cc(F)c4)NC(=O)Cn4nc(C(F)F)c5c4C(F)(F)[C@@H]4C[C@H]54)nc3c2)n1. The quantitative estimate of drug-likeness (QED) is 0.122. The average Bonchev–Trinajstić information content (AvgIpc) is 3.75. The molecule has 350 valence electrons. The summed E-state index contributed by atoms with van der Waals surface area (Å²) in [5, 5.41) is 10.2. The Morgan fingerprint density at radius 1 is 1.00 bits per heavy atom. The Kier molecular flexibility index (Phi) is 10.8. The molecule has 2 N–H and O–H groups in total. The average molecular weight is 978 g/mol. The van der Waals surface area contributed by atoms with E-state index >= 15 is 13.6 Å². The van der Waals surface area contributed by atoms with Crippen molar-refractivity contribution >= 4 is 55.2 Å². The second-order valence-electron chi connectivity index (χ2n) is 16.6. The van der Waals surface area contributed by atoms with E-state index in [1.54, 1.807) is 0 Å². The van der Waals surface area contributed by atoms with Gasteiger partial charge in [-0.05, 0) is 79.8 Å². The first-order chi connectivity index (χ1) is 31.3. The number of aromatic nitrogens is 7. The van der Waals surface area contributed by atoms with Crippen molar-refractivity contribution in [1.82, 2.24) is 39.4 Å². The van der Waals surface area contributed by atoms with Crippen molar-refractivity contribution in [1.29, 1.82) is 0 Å². The van der Waals surface area contributed by atoms with E-state index in [2.05, 4.69) is 25.2 Å². The molecule has 0 bridgehead atoms. The number of pyridine rings is 1. The molecule has 0 spiro atoms. The molecule has 13 nitrogen and oxygen atoms in total. The predicted octanol–water partition coefficient (Wildman–Crippen LogP) is 8.72. The highest BCUT2D eigenvalue weighted by Gasteiger charge is 2.67. The van der Waals surface area contributed by atoms with Gasteiger partial charge in [0, 0.05) is 42.3 Å². The van der Waals surface area contributed by atoms with E-state index in [1.807, 2.05) is 0 Å². The molecular formula is C43H33ClF9N9O4S. The number of anilines is 1. The molecule has 2 aliphatic carbocycles. The van der Waals surface area contributed by atoms with E-state index in [1.165, 1.54) is 51.2 Å². The summed E-state index contributed by atoms with van der Waals surface area (Å²) in [5.74, 6) is -9.84. The molecular weight excluding hydrogens is 945 g/mol. The highest BCUT2D eigenvalue weighted by Crippen LogP contribution is 2.68. The molecule has 24 heteroatoms. The smallest absolute Gasteiger partial charge is 0.344 e. The Hall–Kier alpha value is -6.49. The van der Waals surface area contributed by atoms with Gasteiger partial charge in [-0.25, -0.2) is 31.0 Å². The van der Waals surface area contributed by atoms with Gasteiger partial charge in [0.05, 0.1) is 56.1 Å². The number of nitrogens with one attached hydrogen (secondary N) is 2. The van der Waals surface area contributed by atoms with Gasteiger partial charge < -0.3 is 5.32 Å². The molecule has 1 saturated carbocycles. The van der Waals surface area contributed by atoms with Gasteiger partial charge in [-0.15, -0.1) is 0 Å². The maximum atomic E-state index is 15.6. The van der Waals surface area contributed by atoms with Crippen LogP contribution >= 0.6 is 11.6 Å². The van der Waals surface area contributed by atoms with Crippen LogP contribution in [0, 0.1) is 31.4 Å². The lowest BCUT2D eigenvalue weighted by atomic mass is 9.99. The first kappa shape index (κ1) is 45.7. The Morgan fingerprint density at radius 2 is 1.70 bits per heavy atom. The van der Waals surface area contributed by atoms with Crippen molar-refractivity contribution in [3.63, 3.8) is 0 Å². The lowest BCUT2D eigenvalue weighted by Gasteiger charge is -2.24. The fourth-order valence-electron chi connectivity index (χ4n) is 9.13. The minimum absolute atomic E-state index is 0.0108. The van der Waals surface area contributed by atoms with Gasteiger partial charge in [0.15, 0.2) is 5.82 Å². The summed E-state index contributed by atoms with van der Waals surface area (Å²) in [5.41, 5.74) is -5.32. The van der Waals surface area contributed by atoms with Crippen molar-refractivity contribution in [2.45, 2.75) is 63.7 Å². The zero-order valence-electron chi connectivity index (χ0n) is 35.1. The summed E-state index contributed by atoms with van der Waals surface area (Å²) >= 11 is 6.61. The monoisotopic (exact) mass is 977 g/mol. The molecule has 0 radical (unpaired) electrons. The summed E-state index contributed by atoms with van der Waals surface area (Å²) in [6, 6.07) is 8.00. The van der Waals surface area contributed by atoms with Crippen LogP contribution in [0.2, 0.25) is 5.02 Å². The third-order valence-corrected chi connectivity index (χ3v) is 12.6. The van der Waals surface area contributed by atoms with Gasteiger partial charge >= 0.3 is 6.18 Å². The van der Waals surface area contributed by atoms with Crippen LogP contribution in [0.25, 0.3) is 38.8 Å². The van der Waals surface area contributed by atoms with Gasteiger partial charge in [0.1, 0.15) is 35.4 Å². The topological polar surface area (TPSA) is 159 Å². The Morgan fingerprint density at radius 3 is 2.36 bits per heavy atom. The van der Waals surface area contributed by atoms with Crippen LogP contribution in [0.15, 0.2) is 59.4 Å². The third-order valence-electron chi connectivity index (χ3n) is 11.7. The molecule has 1 fully saturated rings. The number of carbonyl (C=O) groups excluding carboxylic acids is 1. The minimum Gasteiger partial charge on any atom is -0.344 e. The van der Waals surface area contributed by atoms with Gasteiger partial charge in [-0.3, -0.25) is 33.2 Å². The largest absolute Gasteiger partial charge is 0.418 e. The maximum absolute atomic E-state index is 15.6. The number of hydrogen-bond acceptors (Lipinski definition) is 8. The van der Waals surface area contributed by atoms with E-state index in [-0.39, 0.29) is 72.7 Å².